The average Bonchev–Trinajstić information content (AvgIpc) is 2.11. The number of benzene rings is 1. The molecule has 0 spiro atoms. The molecular formula is C10H16O7P2. The molecule has 0 aliphatic rings. The van der Waals surface area contributed by atoms with Crippen molar-refractivity contribution in [3.63, 3.8) is 0 Å². The lowest BCUT2D eigenvalue weighted by Gasteiger charge is -2.23. The first-order chi connectivity index (χ1) is 8.41. The van der Waals surface area contributed by atoms with E-state index in [4.69, 9.17) is 14.3 Å². The summed E-state index contributed by atoms with van der Waals surface area (Å²) in [6, 6.07) is 6.40. The van der Waals surface area contributed by atoms with Crippen molar-refractivity contribution in [3.05, 3.63) is 29.8 Å². The van der Waals surface area contributed by atoms with Crippen molar-refractivity contribution in [2.24, 2.45) is 0 Å². The highest BCUT2D eigenvalue weighted by molar-refractivity contribution is 7.60. The van der Waals surface area contributed by atoms with Gasteiger partial charge in [-0.25, -0.2) is 9.13 Å². The van der Waals surface area contributed by atoms with Gasteiger partial charge in [-0.3, -0.25) is 4.89 Å². The number of phosphoric ester groups is 1. The number of phosphoric acid groups is 2. The van der Waals surface area contributed by atoms with Gasteiger partial charge >= 0.3 is 15.6 Å². The highest BCUT2D eigenvalue weighted by atomic mass is 31.3. The maximum atomic E-state index is 11.5. The standard InChI is InChI=1S/C10H16O7P2/c1-10(2,3)8-6-4-5-7-9(8)16-19(14,15)17-18(11,12)13/h4-7H,1-3H3,(H,14,15)(H2,11,12,13). The minimum absolute atomic E-state index is 0.0364. The summed E-state index contributed by atoms with van der Waals surface area (Å²) in [5.41, 5.74) is 0.234. The van der Waals surface area contributed by atoms with Gasteiger partial charge in [0.2, 0.25) is 0 Å². The molecule has 108 valence electrons. The molecule has 7 nitrogen and oxygen atoms in total. The summed E-state index contributed by atoms with van der Waals surface area (Å²) in [5, 5.41) is 0. The van der Waals surface area contributed by atoms with Crippen molar-refractivity contribution in [2.75, 3.05) is 0 Å². The zero-order valence-electron chi connectivity index (χ0n) is 10.7. The molecular weight excluding hydrogens is 294 g/mol. The Morgan fingerprint density at radius 2 is 1.58 bits per heavy atom. The van der Waals surface area contributed by atoms with Crippen molar-refractivity contribution in [1.29, 1.82) is 0 Å². The molecule has 1 aromatic carbocycles. The van der Waals surface area contributed by atoms with Crippen LogP contribution in [0.15, 0.2) is 24.3 Å². The van der Waals surface area contributed by atoms with E-state index in [1.54, 1.807) is 18.2 Å². The summed E-state index contributed by atoms with van der Waals surface area (Å²) in [4.78, 5) is 26.4. The number of hydrogen-bond donors (Lipinski definition) is 3. The Hall–Kier alpha value is -0.680. The number of para-hydroxylation sites is 1. The van der Waals surface area contributed by atoms with Crippen molar-refractivity contribution in [2.45, 2.75) is 26.2 Å². The third kappa shape index (κ3) is 5.45. The van der Waals surface area contributed by atoms with E-state index in [9.17, 15) is 14.0 Å². The van der Waals surface area contributed by atoms with Gasteiger partial charge in [-0.2, -0.15) is 4.31 Å². The fraction of sp³-hybridized carbons (Fsp3) is 0.400. The van der Waals surface area contributed by atoms with Crippen LogP contribution in [0, 0.1) is 0 Å². The van der Waals surface area contributed by atoms with Crippen LogP contribution in [0.5, 0.6) is 5.75 Å². The summed E-state index contributed by atoms with van der Waals surface area (Å²) in [5.74, 6) is 0.0364. The van der Waals surface area contributed by atoms with Crippen LogP contribution in [0.25, 0.3) is 0 Å². The van der Waals surface area contributed by atoms with E-state index in [2.05, 4.69) is 4.31 Å². The van der Waals surface area contributed by atoms with Gasteiger partial charge in [0.1, 0.15) is 5.75 Å². The molecule has 19 heavy (non-hydrogen) atoms. The molecule has 1 atom stereocenters. The molecule has 9 heteroatoms. The second-order valence-electron chi connectivity index (χ2n) is 4.88. The number of hydrogen-bond acceptors (Lipinski definition) is 4. The zero-order valence-corrected chi connectivity index (χ0v) is 12.5. The van der Waals surface area contributed by atoms with Crippen molar-refractivity contribution in [3.8, 4) is 5.75 Å². The first kappa shape index (κ1) is 16.4. The van der Waals surface area contributed by atoms with Crippen molar-refractivity contribution >= 4 is 15.6 Å². The fourth-order valence-electron chi connectivity index (χ4n) is 1.44. The summed E-state index contributed by atoms with van der Waals surface area (Å²) in [7, 11) is -10.0. The zero-order chi connectivity index (χ0) is 14.9. The lowest BCUT2D eigenvalue weighted by molar-refractivity contribution is 0.228. The van der Waals surface area contributed by atoms with Gasteiger partial charge in [-0.15, -0.1) is 0 Å². The van der Waals surface area contributed by atoms with E-state index in [0.29, 0.717) is 5.56 Å². The van der Waals surface area contributed by atoms with Crippen LogP contribution in [-0.4, -0.2) is 14.7 Å². The molecule has 0 heterocycles. The van der Waals surface area contributed by atoms with Crippen molar-refractivity contribution in [1.82, 2.24) is 0 Å². The molecule has 0 bridgehead atoms. The predicted octanol–water partition coefficient (Wildman–Crippen LogP) is 2.57. The predicted molar refractivity (Wildman–Crippen MR) is 68.7 cm³/mol. The van der Waals surface area contributed by atoms with Crippen LogP contribution in [-0.2, 0) is 18.9 Å². The lowest BCUT2D eigenvalue weighted by atomic mass is 9.86. The smallest absolute Gasteiger partial charge is 0.404 e. The van der Waals surface area contributed by atoms with Gasteiger partial charge in [0, 0.05) is 5.56 Å². The van der Waals surface area contributed by atoms with Crippen LogP contribution < -0.4 is 4.52 Å². The van der Waals surface area contributed by atoms with Crippen LogP contribution in [0.2, 0.25) is 0 Å². The highest BCUT2D eigenvalue weighted by Crippen LogP contribution is 2.57. The third-order valence-corrected chi connectivity index (χ3v) is 4.22. The number of rotatable bonds is 4. The van der Waals surface area contributed by atoms with Gasteiger partial charge in [0.15, 0.2) is 0 Å². The first-order valence-electron chi connectivity index (χ1n) is 5.29. The molecule has 1 rings (SSSR count). The van der Waals surface area contributed by atoms with Gasteiger partial charge in [-0.05, 0) is 11.5 Å². The molecule has 0 fully saturated rings. The van der Waals surface area contributed by atoms with E-state index in [0.717, 1.165) is 0 Å². The maximum absolute atomic E-state index is 11.5. The minimum Gasteiger partial charge on any atom is -0.404 e. The normalized spacial score (nSPS) is 15.9. The Bertz CT molecular complexity index is 543. The van der Waals surface area contributed by atoms with Crippen molar-refractivity contribution < 1.29 is 32.6 Å². The molecule has 0 saturated heterocycles. The second kappa shape index (κ2) is 5.37. The Kier molecular flexibility index (Phi) is 4.62. The Balaban J connectivity index is 3.07. The lowest BCUT2D eigenvalue weighted by Crippen LogP contribution is -2.13. The molecule has 0 amide bonds. The molecule has 0 aliphatic heterocycles. The molecule has 0 aromatic heterocycles. The monoisotopic (exact) mass is 310 g/mol. The molecule has 0 radical (unpaired) electrons. The van der Waals surface area contributed by atoms with Gasteiger partial charge < -0.3 is 14.3 Å². The second-order valence-corrected chi connectivity index (χ2v) is 7.63. The van der Waals surface area contributed by atoms with Gasteiger partial charge in [-0.1, -0.05) is 39.0 Å². The van der Waals surface area contributed by atoms with Crippen LogP contribution >= 0.6 is 15.6 Å². The molecule has 1 unspecified atom stereocenters. The summed E-state index contributed by atoms with van der Waals surface area (Å²) >= 11 is 0. The summed E-state index contributed by atoms with van der Waals surface area (Å²) in [6.07, 6.45) is 0. The Labute approximate surface area is 111 Å². The topological polar surface area (TPSA) is 113 Å². The highest BCUT2D eigenvalue weighted by Gasteiger charge is 2.35. The SMILES string of the molecule is CC(C)(C)c1ccccc1OP(=O)(O)OP(=O)(O)O. The maximum Gasteiger partial charge on any atom is 0.536 e. The first-order valence-corrected chi connectivity index (χ1v) is 8.32. The van der Waals surface area contributed by atoms with E-state index in [1.807, 2.05) is 20.8 Å². The fourth-order valence-corrected chi connectivity index (χ4v) is 3.06. The van der Waals surface area contributed by atoms with Gasteiger partial charge in [0.25, 0.3) is 0 Å². The average molecular weight is 310 g/mol. The summed E-state index contributed by atoms with van der Waals surface area (Å²) < 4.78 is 30.6. The van der Waals surface area contributed by atoms with Crippen LogP contribution in [0.1, 0.15) is 26.3 Å². The third-order valence-electron chi connectivity index (χ3n) is 2.12. The van der Waals surface area contributed by atoms with E-state index < -0.39 is 15.6 Å². The Morgan fingerprint density at radius 3 is 2.05 bits per heavy atom. The van der Waals surface area contributed by atoms with E-state index in [1.165, 1.54) is 6.07 Å². The minimum atomic E-state index is -5.12. The van der Waals surface area contributed by atoms with E-state index >= 15 is 0 Å². The van der Waals surface area contributed by atoms with E-state index in [-0.39, 0.29) is 11.2 Å². The van der Waals surface area contributed by atoms with Gasteiger partial charge in [0.05, 0.1) is 0 Å². The van der Waals surface area contributed by atoms with Crippen LogP contribution in [0.4, 0.5) is 0 Å². The quantitative estimate of drug-likeness (QED) is 0.732. The molecule has 1 aromatic rings. The molecule has 3 N–H and O–H groups in total. The molecule has 0 saturated carbocycles. The summed E-state index contributed by atoms with van der Waals surface area (Å²) in [6.45, 7) is 5.59. The molecule has 0 aliphatic carbocycles. The Morgan fingerprint density at radius 1 is 1.05 bits per heavy atom. The largest absolute Gasteiger partial charge is 0.536 e. The van der Waals surface area contributed by atoms with Crippen LogP contribution in [0.3, 0.4) is 0 Å².